The van der Waals surface area contributed by atoms with Crippen LogP contribution in [0.25, 0.3) is 0 Å². The summed E-state index contributed by atoms with van der Waals surface area (Å²) in [6.07, 6.45) is 17.0. The van der Waals surface area contributed by atoms with Gasteiger partial charge < -0.3 is 0 Å². The molecule has 0 unspecified atom stereocenters. The van der Waals surface area contributed by atoms with E-state index in [2.05, 4.69) is 51.4 Å². The van der Waals surface area contributed by atoms with E-state index in [1.807, 2.05) is 0 Å². The van der Waals surface area contributed by atoms with Crippen LogP contribution in [-0.2, 0) is 0 Å². The molecule has 2 aliphatic rings. The fourth-order valence-electron chi connectivity index (χ4n) is 1.08. The van der Waals surface area contributed by atoms with E-state index < -0.39 is 0 Å². The summed E-state index contributed by atoms with van der Waals surface area (Å²) >= 11 is 0. The molecule has 0 aromatic heterocycles. The highest BCUT2D eigenvalue weighted by molar-refractivity contribution is 7.46. The molecule has 0 heterocycles. The molecule has 0 aromatic carbocycles. The van der Waals surface area contributed by atoms with E-state index >= 15 is 0 Å². The monoisotopic (exact) mass is 160 g/mol. The van der Waals surface area contributed by atoms with Crippen LogP contribution in [0.15, 0.2) is 0 Å². The van der Waals surface area contributed by atoms with Crippen LogP contribution in [0.4, 0.5) is 0 Å². The van der Waals surface area contributed by atoms with E-state index in [9.17, 15) is 0 Å². The topological polar surface area (TPSA) is 0 Å². The van der Waals surface area contributed by atoms with Gasteiger partial charge >= 0.3 is 0 Å². The van der Waals surface area contributed by atoms with Gasteiger partial charge in [0.1, 0.15) is 0 Å². The van der Waals surface area contributed by atoms with Gasteiger partial charge in [-0.25, -0.2) is 0 Å². The largest absolute Gasteiger partial charge is 0.106 e. The molecular formula is C10H9P. The second-order valence-electron chi connectivity index (χ2n) is 2.47. The van der Waals surface area contributed by atoms with Crippen molar-refractivity contribution in [3.8, 4) is 0 Å². The predicted molar refractivity (Wildman–Crippen MR) is 49.2 cm³/mol. The fraction of sp³-hybridized carbons (Fsp3) is 0. The van der Waals surface area contributed by atoms with Gasteiger partial charge in [-0.2, -0.15) is 0 Å². The quantitative estimate of drug-likeness (QED) is 0.544. The Morgan fingerprint density at radius 2 is 1.00 bits per heavy atom. The highest BCUT2D eigenvalue weighted by Gasteiger charge is 2.24. The summed E-state index contributed by atoms with van der Waals surface area (Å²) in [5.74, 6) is 0. The third-order valence-electron chi connectivity index (χ3n) is 1.61. The van der Waals surface area contributed by atoms with Crippen molar-refractivity contribution < 1.29 is 0 Å². The van der Waals surface area contributed by atoms with Crippen LogP contribution in [0.5, 0.6) is 0 Å². The Labute approximate surface area is 71.9 Å². The number of hydrogen-bond acceptors (Lipinski definition) is 0. The van der Waals surface area contributed by atoms with Crippen molar-refractivity contribution in [1.82, 2.24) is 0 Å². The third-order valence-corrected chi connectivity index (χ3v) is 2.86. The number of hydrogen-bond donors (Lipinski definition) is 0. The molecule has 2 fully saturated rings. The van der Waals surface area contributed by atoms with Crippen LogP contribution in [-0.4, -0.2) is 0 Å². The average Bonchev–Trinajstić information content (AvgIpc) is 2.60. The van der Waals surface area contributed by atoms with Crippen molar-refractivity contribution in [1.29, 1.82) is 0 Å². The molecule has 0 amide bonds. The van der Waals surface area contributed by atoms with Crippen LogP contribution in [0, 0.1) is 62.7 Å². The maximum Gasteiger partial charge on any atom is 0.00509 e. The highest BCUT2D eigenvalue weighted by atomic mass is 31.1. The first kappa shape index (κ1) is 8.05. The molecule has 0 bridgehead atoms. The maximum absolute atomic E-state index is 2.17. The molecule has 0 aliphatic heterocycles. The van der Waals surface area contributed by atoms with Crippen LogP contribution in [0.1, 0.15) is 0 Å². The Morgan fingerprint density at radius 1 is 0.636 bits per heavy atom. The summed E-state index contributed by atoms with van der Waals surface area (Å²) in [5.41, 5.74) is 2.85. The van der Waals surface area contributed by atoms with Crippen molar-refractivity contribution in [2.45, 2.75) is 0 Å². The molecule has 1 heteroatoms. The molecule has 10 radical (unpaired) electrons. The van der Waals surface area contributed by atoms with Gasteiger partial charge in [-0.3, -0.25) is 0 Å². The normalized spacial score (nSPS) is 28.4. The van der Waals surface area contributed by atoms with Gasteiger partial charge in [-0.15, -0.1) is 8.58 Å². The summed E-state index contributed by atoms with van der Waals surface area (Å²) in [7, 11) is 0.826. The SMILES string of the molecule is [CH]1[CH][CH][C](P[C]2[CH][CH][CH][CH]2)[CH]1. The molecule has 2 rings (SSSR count). The molecule has 0 spiro atoms. The van der Waals surface area contributed by atoms with Gasteiger partial charge in [0, 0.05) is 11.3 Å². The zero-order valence-electron chi connectivity index (χ0n) is 6.12. The van der Waals surface area contributed by atoms with Gasteiger partial charge in [-0.1, -0.05) is 0 Å². The lowest BCUT2D eigenvalue weighted by Crippen LogP contribution is -1.88. The zero-order chi connectivity index (χ0) is 7.52. The summed E-state index contributed by atoms with van der Waals surface area (Å²) in [5, 5.41) is 0. The second-order valence-corrected chi connectivity index (χ2v) is 3.88. The Bertz CT molecular complexity index is 96.0. The van der Waals surface area contributed by atoms with E-state index in [-0.39, 0.29) is 0 Å². The molecule has 0 nitrogen and oxygen atoms in total. The smallest absolute Gasteiger partial charge is 0.00509 e. The molecule has 0 atom stereocenters. The third kappa shape index (κ3) is 2.18. The first-order valence-electron chi connectivity index (χ1n) is 3.65. The molecule has 2 aliphatic carbocycles. The summed E-state index contributed by atoms with van der Waals surface area (Å²) < 4.78 is 0. The molecule has 54 valence electrons. The average molecular weight is 160 g/mol. The molecule has 2 saturated carbocycles. The van der Waals surface area contributed by atoms with Crippen molar-refractivity contribution >= 4 is 8.58 Å². The minimum atomic E-state index is 0.826. The van der Waals surface area contributed by atoms with Crippen molar-refractivity contribution in [2.75, 3.05) is 0 Å². The number of rotatable bonds is 2. The first-order valence-corrected chi connectivity index (χ1v) is 4.65. The first-order chi connectivity index (χ1) is 5.45. The minimum Gasteiger partial charge on any atom is -0.106 e. The van der Waals surface area contributed by atoms with Gasteiger partial charge in [0.15, 0.2) is 0 Å². The Balaban J connectivity index is 1.71. The van der Waals surface area contributed by atoms with Gasteiger partial charge in [0.05, 0.1) is 0 Å². The van der Waals surface area contributed by atoms with Gasteiger partial charge in [-0.05, 0) is 51.4 Å². The maximum atomic E-state index is 2.17. The van der Waals surface area contributed by atoms with E-state index in [1.165, 1.54) is 11.3 Å². The van der Waals surface area contributed by atoms with Gasteiger partial charge in [0.25, 0.3) is 0 Å². The highest BCUT2D eigenvalue weighted by Crippen LogP contribution is 2.49. The lowest BCUT2D eigenvalue weighted by atomic mass is 10.4. The Hall–Kier alpha value is 0.430. The minimum absolute atomic E-state index is 0.826. The van der Waals surface area contributed by atoms with Crippen LogP contribution < -0.4 is 0 Å². The van der Waals surface area contributed by atoms with Crippen molar-refractivity contribution in [3.05, 3.63) is 62.7 Å². The Kier molecular flexibility index (Phi) is 2.85. The van der Waals surface area contributed by atoms with Crippen LogP contribution in [0.3, 0.4) is 0 Å². The van der Waals surface area contributed by atoms with Crippen LogP contribution in [0.2, 0.25) is 0 Å². The molecule has 0 saturated heterocycles. The van der Waals surface area contributed by atoms with E-state index in [0.717, 1.165) is 8.58 Å². The lowest BCUT2D eigenvalue weighted by Gasteiger charge is -2.12. The van der Waals surface area contributed by atoms with E-state index in [1.54, 1.807) is 0 Å². The predicted octanol–water partition coefficient (Wildman–Crippen LogP) is 2.39. The van der Waals surface area contributed by atoms with Crippen LogP contribution >= 0.6 is 8.58 Å². The second kappa shape index (κ2) is 3.90. The molecular weight excluding hydrogens is 151 g/mol. The van der Waals surface area contributed by atoms with Crippen molar-refractivity contribution in [3.63, 3.8) is 0 Å². The fourth-order valence-corrected chi connectivity index (χ4v) is 2.13. The summed E-state index contributed by atoms with van der Waals surface area (Å²) in [4.78, 5) is 0. The molecule has 0 N–H and O–H groups in total. The standard InChI is InChI=1S/C10H9P/c1-2-6-9(5-1)11-10-7-3-4-8-10/h1-8,11H. The van der Waals surface area contributed by atoms with E-state index in [4.69, 9.17) is 0 Å². The van der Waals surface area contributed by atoms with E-state index in [0.29, 0.717) is 0 Å². The lowest BCUT2D eigenvalue weighted by molar-refractivity contribution is 1.47. The molecule has 0 aromatic rings. The summed E-state index contributed by atoms with van der Waals surface area (Å²) in [6.45, 7) is 0. The summed E-state index contributed by atoms with van der Waals surface area (Å²) in [6, 6.07) is 0. The van der Waals surface area contributed by atoms with Gasteiger partial charge in [0.2, 0.25) is 0 Å². The van der Waals surface area contributed by atoms with Crippen molar-refractivity contribution in [2.24, 2.45) is 0 Å². The Morgan fingerprint density at radius 3 is 1.36 bits per heavy atom. The zero-order valence-corrected chi connectivity index (χ0v) is 7.12. The molecule has 11 heavy (non-hydrogen) atoms.